The van der Waals surface area contributed by atoms with E-state index in [0.717, 1.165) is 44.3 Å². The Kier molecular flexibility index (Phi) is 4.50. The van der Waals surface area contributed by atoms with Crippen molar-refractivity contribution in [2.75, 3.05) is 19.7 Å². The van der Waals surface area contributed by atoms with Crippen molar-refractivity contribution in [3.8, 4) is 0 Å². The second-order valence-electron chi connectivity index (χ2n) is 7.63. The predicted molar refractivity (Wildman–Crippen MR) is 93.8 cm³/mol. The molecule has 25 heavy (non-hydrogen) atoms. The van der Waals surface area contributed by atoms with Gasteiger partial charge >= 0.3 is 0 Å². The van der Waals surface area contributed by atoms with E-state index in [9.17, 15) is 9.59 Å². The molecule has 0 N–H and O–H groups in total. The van der Waals surface area contributed by atoms with Crippen LogP contribution in [0.5, 0.6) is 0 Å². The Labute approximate surface area is 148 Å². The van der Waals surface area contributed by atoms with Crippen molar-refractivity contribution in [2.45, 2.75) is 50.8 Å². The number of likely N-dealkylation sites (tertiary alicyclic amines) is 1. The van der Waals surface area contributed by atoms with E-state index in [1.165, 1.54) is 0 Å². The van der Waals surface area contributed by atoms with E-state index < -0.39 is 6.10 Å². The number of carbonyl (C=O) groups is 2. The van der Waals surface area contributed by atoms with Crippen molar-refractivity contribution in [3.63, 3.8) is 0 Å². The minimum absolute atomic E-state index is 0.00710. The van der Waals surface area contributed by atoms with Crippen molar-refractivity contribution in [3.05, 3.63) is 35.9 Å². The SMILES string of the molecule is CC1CCN(C(=O)[C@@H]2OCC(=O)N(C3CC3)[C@H]2c2ccccc2)CC1. The fourth-order valence-electron chi connectivity index (χ4n) is 4.01. The van der Waals surface area contributed by atoms with E-state index in [1.54, 1.807) is 0 Å². The number of benzene rings is 1. The highest BCUT2D eigenvalue weighted by atomic mass is 16.5. The Hall–Kier alpha value is -1.88. The van der Waals surface area contributed by atoms with Crippen molar-refractivity contribution in [2.24, 2.45) is 5.92 Å². The Morgan fingerprint density at radius 3 is 2.40 bits per heavy atom. The van der Waals surface area contributed by atoms with E-state index in [0.29, 0.717) is 5.92 Å². The predicted octanol–water partition coefficient (Wildman–Crippen LogP) is 2.38. The van der Waals surface area contributed by atoms with Gasteiger partial charge in [0.15, 0.2) is 6.10 Å². The van der Waals surface area contributed by atoms with Gasteiger partial charge in [0.25, 0.3) is 5.91 Å². The monoisotopic (exact) mass is 342 g/mol. The molecule has 1 aliphatic carbocycles. The summed E-state index contributed by atoms with van der Waals surface area (Å²) in [6, 6.07) is 9.84. The van der Waals surface area contributed by atoms with Gasteiger partial charge < -0.3 is 14.5 Å². The van der Waals surface area contributed by atoms with Gasteiger partial charge in [-0.05, 0) is 37.2 Å². The summed E-state index contributed by atoms with van der Waals surface area (Å²) in [5, 5.41) is 0. The number of carbonyl (C=O) groups excluding carboxylic acids is 2. The first-order valence-electron chi connectivity index (χ1n) is 9.41. The molecule has 4 rings (SSSR count). The van der Waals surface area contributed by atoms with Gasteiger partial charge in [-0.25, -0.2) is 0 Å². The molecule has 1 aromatic rings. The quantitative estimate of drug-likeness (QED) is 0.847. The highest BCUT2D eigenvalue weighted by Crippen LogP contribution is 2.40. The molecule has 3 fully saturated rings. The minimum Gasteiger partial charge on any atom is -0.356 e. The minimum atomic E-state index is -0.589. The van der Waals surface area contributed by atoms with Crippen LogP contribution in [0.15, 0.2) is 30.3 Å². The topological polar surface area (TPSA) is 49.9 Å². The maximum absolute atomic E-state index is 13.2. The summed E-state index contributed by atoms with van der Waals surface area (Å²) in [7, 11) is 0. The van der Waals surface area contributed by atoms with Crippen LogP contribution in [0.1, 0.15) is 44.2 Å². The second-order valence-corrected chi connectivity index (χ2v) is 7.63. The Morgan fingerprint density at radius 2 is 1.76 bits per heavy atom. The molecule has 2 heterocycles. The van der Waals surface area contributed by atoms with Crippen LogP contribution in [0, 0.1) is 5.92 Å². The molecule has 2 atom stereocenters. The molecule has 0 aromatic heterocycles. The Balaban J connectivity index is 1.62. The van der Waals surface area contributed by atoms with Crippen LogP contribution in [0.2, 0.25) is 0 Å². The molecular formula is C20H26N2O3. The summed E-state index contributed by atoms with van der Waals surface area (Å²) in [5.74, 6) is 0.720. The lowest BCUT2D eigenvalue weighted by atomic mass is 9.94. The van der Waals surface area contributed by atoms with Crippen LogP contribution in [0.3, 0.4) is 0 Å². The van der Waals surface area contributed by atoms with Crippen LogP contribution in [-0.2, 0) is 14.3 Å². The molecule has 0 radical (unpaired) electrons. The van der Waals surface area contributed by atoms with Gasteiger partial charge in [-0.15, -0.1) is 0 Å². The largest absolute Gasteiger partial charge is 0.356 e. The molecule has 1 aromatic carbocycles. The van der Waals surface area contributed by atoms with Crippen LogP contribution in [0.25, 0.3) is 0 Å². The van der Waals surface area contributed by atoms with E-state index >= 15 is 0 Å². The fourth-order valence-corrected chi connectivity index (χ4v) is 4.01. The standard InChI is InChI=1S/C20H26N2O3/c1-14-9-11-21(12-10-14)20(24)19-18(15-5-3-2-4-6-15)22(16-7-8-16)17(23)13-25-19/h2-6,14,16,18-19H,7-13H2,1H3/t18-,19+/m0/s1. The maximum atomic E-state index is 13.2. The summed E-state index contributed by atoms with van der Waals surface area (Å²) in [4.78, 5) is 29.6. The average molecular weight is 342 g/mol. The number of amides is 2. The van der Waals surface area contributed by atoms with E-state index in [-0.39, 0.29) is 30.5 Å². The van der Waals surface area contributed by atoms with Crippen molar-refractivity contribution in [1.29, 1.82) is 0 Å². The summed E-state index contributed by atoms with van der Waals surface area (Å²) >= 11 is 0. The summed E-state index contributed by atoms with van der Waals surface area (Å²) in [6.07, 6.45) is 3.54. The van der Waals surface area contributed by atoms with Gasteiger partial charge in [-0.1, -0.05) is 37.3 Å². The summed E-state index contributed by atoms with van der Waals surface area (Å²) in [5.41, 5.74) is 0.992. The van der Waals surface area contributed by atoms with Crippen LogP contribution < -0.4 is 0 Å². The highest BCUT2D eigenvalue weighted by Gasteiger charge is 2.48. The average Bonchev–Trinajstić information content (AvgIpc) is 3.47. The zero-order chi connectivity index (χ0) is 17.4. The van der Waals surface area contributed by atoms with E-state index in [1.807, 2.05) is 40.1 Å². The normalized spacial score (nSPS) is 28.3. The van der Waals surface area contributed by atoms with Gasteiger partial charge in [0.1, 0.15) is 6.61 Å². The summed E-state index contributed by atoms with van der Waals surface area (Å²) < 4.78 is 5.82. The van der Waals surface area contributed by atoms with E-state index in [4.69, 9.17) is 4.74 Å². The lowest BCUT2D eigenvalue weighted by Gasteiger charge is -2.43. The van der Waals surface area contributed by atoms with Gasteiger partial charge in [0.2, 0.25) is 5.91 Å². The number of hydrogen-bond acceptors (Lipinski definition) is 3. The molecule has 134 valence electrons. The lowest BCUT2D eigenvalue weighted by Crippen LogP contribution is -2.56. The molecule has 0 unspecified atom stereocenters. The molecule has 2 saturated heterocycles. The van der Waals surface area contributed by atoms with Crippen molar-refractivity contribution < 1.29 is 14.3 Å². The molecule has 3 aliphatic rings. The number of morpholine rings is 1. The number of nitrogens with zero attached hydrogens (tertiary/aromatic N) is 2. The maximum Gasteiger partial charge on any atom is 0.254 e. The smallest absolute Gasteiger partial charge is 0.254 e. The first kappa shape index (κ1) is 16.6. The molecule has 5 heteroatoms. The molecular weight excluding hydrogens is 316 g/mol. The first-order valence-corrected chi connectivity index (χ1v) is 9.41. The van der Waals surface area contributed by atoms with Crippen LogP contribution in [-0.4, -0.2) is 53.5 Å². The van der Waals surface area contributed by atoms with E-state index in [2.05, 4.69) is 6.92 Å². The third kappa shape index (κ3) is 3.30. The zero-order valence-electron chi connectivity index (χ0n) is 14.8. The molecule has 2 aliphatic heterocycles. The third-order valence-corrected chi connectivity index (χ3v) is 5.68. The van der Waals surface area contributed by atoms with Crippen molar-refractivity contribution in [1.82, 2.24) is 9.80 Å². The molecule has 5 nitrogen and oxygen atoms in total. The van der Waals surface area contributed by atoms with Crippen LogP contribution >= 0.6 is 0 Å². The number of hydrogen-bond donors (Lipinski definition) is 0. The molecule has 1 saturated carbocycles. The fraction of sp³-hybridized carbons (Fsp3) is 0.600. The number of ether oxygens (including phenoxy) is 1. The Morgan fingerprint density at radius 1 is 1.08 bits per heavy atom. The van der Waals surface area contributed by atoms with Crippen molar-refractivity contribution >= 4 is 11.8 Å². The molecule has 0 spiro atoms. The highest BCUT2D eigenvalue weighted by molar-refractivity contribution is 5.87. The molecule has 0 bridgehead atoms. The molecule has 2 amide bonds. The van der Waals surface area contributed by atoms with Crippen LogP contribution in [0.4, 0.5) is 0 Å². The van der Waals surface area contributed by atoms with Gasteiger partial charge in [-0.3, -0.25) is 9.59 Å². The zero-order valence-corrected chi connectivity index (χ0v) is 14.8. The van der Waals surface area contributed by atoms with Gasteiger partial charge in [-0.2, -0.15) is 0 Å². The summed E-state index contributed by atoms with van der Waals surface area (Å²) in [6.45, 7) is 3.83. The Bertz CT molecular complexity index is 636. The second kappa shape index (κ2) is 6.79. The first-order chi connectivity index (χ1) is 12.1. The number of rotatable bonds is 3. The van der Waals surface area contributed by atoms with Gasteiger partial charge in [0, 0.05) is 19.1 Å². The third-order valence-electron chi connectivity index (χ3n) is 5.68. The lowest BCUT2D eigenvalue weighted by molar-refractivity contribution is -0.171. The van der Waals surface area contributed by atoms with Gasteiger partial charge in [0.05, 0.1) is 6.04 Å². The number of piperidine rings is 1.